The molecule has 0 unspecified atom stereocenters. The lowest BCUT2D eigenvalue weighted by molar-refractivity contribution is 0.398. The molecule has 0 spiro atoms. The van der Waals surface area contributed by atoms with Crippen molar-refractivity contribution in [1.82, 2.24) is 19.3 Å². The number of fused-ring (bicyclic) bond motifs is 1. The number of halogens is 1. The molecule has 3 rings (SSSR count). The summed E-state index contributed by atoms with van der Waals surface area (Å²) in [5.74, 6) is 0.940. The SMILES string of the molecule is CC.CC.C[C@H]1CC[C@@H](Nc2ncnc3c2ccn3SI)CN1. The smallest absolute Gasteiger partial charge is 0.156 e. The van der Waals surface area contributed by atoms with Gasteiger partial charge < -0.3 is 10.6 Å². The molecule has 1 aliphatic heterocycles. The molecule has 7 heteroatoms. The largest absolute Gasteiger partial charge is 0.365 e. The molecule has 130 valence electrons. The van der Waals surface area contributed by atoms with Crippen LogP contribution in [0.3, 0.4) is 0 Å². The second-order valence-electron chi connectivity index (χ2n) is 4.90. The van der Waals surface area contributed by atoms with Gasteiger partial charge in [-0.2, -0.15) is 0 Å². The molecule has 1 fully saturated rings. The van der Waals surface area contributed by atoms with Crippen molar-refractivity contribution >= 4 is 47.2 Å². The molecule has 0 radical (unpaired) electrons. The van der Waals surface area contributed by atoms with Gasteiger partial charge in [0, 0.05) is 55.2 Å². The first-order valence-electron chi connectivity index (χ1n) is 8.39. The number of aromatic nitrogens is 3. The number of anilines is 1. The summed E-state index contributed by atoms with van der Waals surface area (Å²) < 4.78 is 2.05. The Hall–Kier alpha value is -0.540. The van der Waals surface area contributed by atoms with Crippen LogP contribution in [0.15, 0.2) is 18.6 Å². The standard InChI is InChI=1S/C12H16IN5S.2C2H6/c1-8-2-3-9(6-14-8)17-11-10-4-5-18(19-13)12(10)16-7-15-11;2*1-2/h4-5,7-9,14H,2-3,6H2,1H3,(H,15,16,17);2*1-2H3/t8-,9+;;/m0../s1. The van der Waals surface area contributed by atoms with Crippen LogP contribution in [0.5, 0.6) is 0 Å². The summed E-state index contributed by atoms with van der Waals surface area (Å²) in [5, 5.41) is 8.13. The topological polar surface area (TPSA) is 54.8 Å². The second-order valence-corrected chi connectivity index (χ2v) is 6.61. The van der Waals surface area contributed by atoms with Gasteiger partial charge >= 0.3 is 0 Å². The predicted molar refractivity (Wildman–Crippen MR) is 111 cm³/mol. The van der Waals surface area contributed by atoms with Crippen molar-refractivity contribution in [2.24, 2.45) is 0 Å². The lowest BCUT2D eigenvalue weighted by Crippen LogP contribution is -2.43. The number of piperidine rings is 1. The maximum atomic E-state index is 4.39. The quantitative estimate of drug-likeness (QED) is 0.654. The van der Waals surface area contributed by atoms with Crippen molar-refractivity contribution in [1.29, 1.82) is 0 Å². The van der Waals surface area contributed by atoms with E-state index in [1.165, 1.54) is 12.8 Å². The molecule has 2 aromatic rings. The lowest BCUT2D eigenvalue weighted by Gasteiger charge is -2.28. The Morgan fingerprint density at radius 2 is 2.00 bits per heavy atom. The Balaban J connectivity index is 0.000000615. The highest BCUT2D eigenvalue weighted by Gasteiger charge is 2.19. The highest BCUT2D eigenvalue weighted by atomic mass is 127. The Morgan fingerprint density at radius 3 is 2.61 bits per heavy atom. The summed E-state index contributed by atoms with van der Waals surface area (Å²) in [7, 11) is 1.62. The van der Waals surface area contributed by atoms with Gasteiger partial charge in [0.25, 0.3) is 0 Å². The molecule has 0 aliphatic carbocycles. The van der Waals surface area contributed by atoms with Gasteiger partial charge in [0.15, 0.2) is 5.65 Å². The Bertz CT molecular complexity index is 567. The maximum Gasteiger partial charge on any atom is 0.156 e. The third-order valence-electron chi connectivity index (χ3n) is 3.52. The summed E-state index contributed by atoms with van der Waals surface area (Å²) >= 11 is 2.26. The van der Waals surface area contributed by atoms with Gasteiger partial charge in [-0.1, -0.05) is 27.7 Å². The number of nitrogens with one attached hydrogen (secondary N) is 2. The van der Waals surface area contributed by atoms with Gasteiger partial charge in [-0.3, -0.25) is 3.97 Å². The fraction of sp³-hybridized carbons (Fsp3) is 0.625. The fourth-order valence-corrected chi connectivity index (χ4v) is 3.69. The minimum atomic E-state index is 0.449. The van der Waals surface area contributed by atoms with Gasteiger partial charge in [0.05, 0.1) is 5.39 Å². The predicted octanol–water partition coefficient (Wildman–Crippen LogP) is 4.88. The summed E-state index contributed by atoms with van der Waals surface area (Å²) in [6, 6.07) is 3.15. The molecule has 0 amide bonds. The number of hydrogen-bond acceptors (Lipinski definition) is 5. The van der Waals surface area contributed by atoms with Crippen molar-refractivity contribution in [2.75, 3.05) is 11.9 Å². The Labute approximate surface area is 156 Å². The molecule has 1 aliphatic rings. The fourth-order valence-electron chi connectivity index (χ4n) is 2.41. The number of hydrogen-bond donors (Lipinski definition) is 2. The second kappa shape index (κ2) is 11.1. The minimum absolute atomic E-state index is 0.449. The van der Waals surface area contributed by atoms with Crippen molar-refractivity contribution in [3.8, 4) is 0 Å². The third-order valence-corrected chi connectivity index (χ3v) is 5.24. The molecule has 2 N–H and O–H groups in total. The summed E-state index contributed by atoms with van der Waals surface area (Å²) in [6.45, 7) is 11.2. The summed E-state index contributed by atoms with van der Waals surface area (Å²) in [6.07, 6.45) is 6.05. The van der Waals surface area contributed by atoms with Crippen LogP contribution in [0.2, 0.25) is 0 Å². The first-order valence-corrected chi connectivity index (χ1v) is 11.7. The van der Waals surface area contributed by atoms with Crippen molar-refractivity contribution in [3.63, 3.8) is 0 Å². The van der Waals surface area contributed by atoms with Crippen LogP contribution in [-0.2, 0) is 0 Å². The highest BCUT2D eigenvalue weighted by Crippen LogP contribution is 2.27. The van der Waals surface area contributed by atoms with E-state index < -0.39 is 0 Å². The van der Waals surface area contributed by atoms with Crippen molar-refractivity contribution < 1.29 is 0 Å². The van der Waals surface area contributed by atoms with E-state index >= 15 is 0 Å². The van der Waals surface area contributed by atoms with Crippen molar-refractivity contribution in [3.05, 3.63) is 18.6 Å². The van der Waals surface area contributed by atoms with Crippen LogP contribution in [0, 0.1) is 0 Å². The Kier molecular flexibility index (Phi) is 9.89. The zero-order chi connectivity index (χ0) is 17.2. The van der Waals surface area contributed by atoms with E-state index in [2.05, 4.69) is 54.8 Å². The van der Waals surface area contributed by atoms with Crippen LogP contribution in [0.4, 0.5) is 5.82 Å². The highest BCUT2D eigenvalue weighted by molar-refractivity contribution is 14.2. The zero-order valence-electron chi connectivity index (χ0n) is 14.6. The molecule has 3 heterocycles. The van der Waals surface area contributed by atoms with E-state index in [4.69, 9.17) is 0 Å². The molecule has 0 saturated carbocycles. The van der Waals surface area contributed by atoms with Gasteiger partial charge in [0.2, 0.25) is 0 Å². The van der Waals surface area contributed by atoms with E-state index in [1.807, 2.05) is 37.9 Å². The van der Waals surface area contributed by atoms with Gasteiger partial charge in [-0.15, -0.1) is 0 Å². The zero-order valence-corrected chi connectivity index (χ0v) is 17.6. The normalized spacial score (nSPS) is 20.1. The lowest BCUT2D eigenvalue weighted by atomic mass is 10.0. The van der Waals surface area contributed by atoms with Crippen LogP contribution >= 0.6 is 30.3 Å². The molecule has 2 atom stereocenters. The molecular weight excluding hydrogens is 421 g/mol. The first-order chi connectivity index (χ1) is 11.3. The third kappa shape index (κ3) is 5.49. The van der Waals surface area contributed by atoms with E-state index in [0.717, 1.165) is 23.4 Å². The average molecular weight is 449 g/mol. The Morgan fingerprint density at radius 1 is 1.26 bits per heavy atom. The van der Waals surface area contributed by atoms with Gasteiger partial charge in [0.1, 0.15) is 12.1 Å². The van der Waals surface area contributed by atoms with Crippen LogP contribution in [-0.4, -0.2) is 32.6 Å². The van der Waals surface area contributed by atoms with E-state index in [9.17, 15) is 0 Å². The van der Waals surface area contributed by atoms with Crippen LogP contribution in [0.1, 0.15) is 47.5 Å². The molecule has 1 saturated heterocycles. The molecule has 0 bridgehead atoms. The molecular formula is C16H28IN5S. The van der Waals surface area contributed by atoms with E-state index in [-0.39, 0.29) is 0 Å². The van der Waals surface area contributed by atoms with Gasteiger partial charge in [-0.25, -0.2) is 9.97 Å². The average Bonchev–Trinajstić information content (AvgIpc) is 3.05. The minimum Gasteiger partial charge on any atom is -0.365 e. The molecule has 23 heavy (non-hydrogen) atoms. The maximum absolute atomic E-state index is 4.39. The van der Waals surface area contributed by atoms with Gasteiger partial charge in [-0.05, 0) is 25.8 Å². The first kappa shape index (κ1) is 20.5. The molecule has 5 nitrogen and oxygen atoms in total. The van der Waals surface area contributed by atoms with Crippen LogP contribution in [0.25, 0.3) is 11.0 Å². The molecule has 0 aromatic carbocycles. The summed E-state index contributed by atoms with van der Waals surface area (Å²) in [5.41, 5.74) is 0.967. The van der Waals surface area contributed by atoms with Crippen molar-refractivity contribution in [2.45, 2.75) is 59.5 Å². The van der Waals surface area contributed by atoms with E-state index in [1.54, 1.807) is 15.4 Å². The van der Waals surface area contributed by atoms with E-state index in [0.29, 0.717) is 12.1 Å². The number of rotatable bonds is 3. The monoisotopic (exact) mass is 449 g/mol. The summed E-state index contributed by atoms with van der Waals surface area (Å²) in [4.78, 5) is 8.74. The van der Waals surface area contributed by atoms with Crippen LogP contribution < -0.4 is 10.6 Å². The number of nitrogens with zero attached hydrogens (tertiary/aromatic N) is 3. The molecule has 2 aromatic heterocycles.